The number of para-hydroxylation sites is 1. The van der Waals surface area contributed by atoms with E-state index in [1.54, 1.807) is 14.2 Å². The quantitative estimate of drug-likeness (QED) is 0.272. The van der Waals surface area contributed by atoms with Crippen LogP contribution in [0.5, 0.6) is 5.75 Å². The molecule has 0 saturated heterocycles. The lowest BCUT2D eigenvalue weighted by Crippen LogP contribution is -2.37. The van der Waals surface area contributed by atoms with Crippen molar-refractivity contribution in [1.29, 1.82) is 0 Å². The molecule has 0 aliphatic heterocycles. The number of nitrogens with zero attached hydrogens (tertiary/aromatic N) is 1. The maximum absolute atomic E-state index is 5.92. The maximum atomic E-state index is 5.92. The van der Waals surface area contributed by atoms with E-state index >= 15 is 0 Å². The van der Waals surface area contributed by atoms with Crippen LogP contribution in [0.15, 0.2) is 29.3 Å². The van der Waals surface area contributed by atoms with E-state index < -0.39 is 0 Å². The van der Waals surface area contributed by atoms with E-state index in [2.05, 4.69) is 21.7 Å². The van der Waals surface area contributed by atoms with Crippen LogP contribution >= 0.6 is 24.0 Å². The van der Waals surface area contributed by atoms with Crippen molar-refractivity contribution in [2.24, 2.45) is 10.9 Å². The van der Waals surface area contributed by atoms with Gasteiger partial charge in [0.15, 0.2) is 5.96 Å². The van der Waals surface area contributed by atoms with E-state index in [0.29, 0.717) is 6.54 Å². The molecule has 1 aromatic carbocycles. The molecule has 23 heavy (non-hydrogen) atoms. The molecule has 0 amide bonds. The Morgan fingerprint density at radius 3 is 2.74 bits per heavy atom. The third kappa shape index (κ3) is 7.87. The topological polar surface area (TPSA) is 54.9 Å². The molecule has 0 atom stereocenters. The molecule has 1 fully saturated rings. The van der Waals surface area contributed by atoms with Crippen molar-refractivity contribution in [1.82, 2.24) is 10.6 Å². The Balaban J connectivity index is 0.00000264. The average Bonchev–Trinajstić information content (AvgIpc) is 3.37. The SMILES string of the molecule is CN=C(NCCCOC)NCc1ccccc1OCC1CC1.I. The average molecular weight is 433 g/mol. The van der Waals surface area contributed by atoms with Gasteiger partial charge in [0.1, 0.15) is 5.75 Å². The van der Waals surface area contributed by atoms with E-state index in [1.807, 2.05) is 18.2 Å². The first-order chi connectivity index (χ1) is 10.8. The van der Waals surface area contributed by atoms with Crippen molar-refractivity contribution in [3.05, 3.63) is 29.8 Å². The Bertz CT molecular complexity index is 479. The van der Waals surface area contributed by atoms with E-state index in [1.165, 1.54) is 12.8 Å². The molecule has 1 aromatic rings. The van der Waals surface area contributed by atoms with Gasteiger partial charge in [-0.3, -0.25) is 4.99 Å². The Hall–Kier alpha value is -1.02. The summed E-state index contributed by atoms with van der Waals surface area (Å²) in [5, 5.41) is 6.60. The zero-order valence-corrected chi connectivity index (χ0v) is 16.3. The van der Waals surface area contributed by atoms with Gasteiger partial charge < -0.3 is 20.1 Å². The fraction of sp³-hybridized carbons (Fsp3) is 0.588. The highest BCUT2D eigenvalue weighted by atomic mass is 127. The summed E-state index contributed by atoms with van der Waals surface area (Å²) < 4.78 is 11.0. The van der Waals surface area contributed by atoms with Crippen molar-refractivity contribution in [2.45, 2.75) is 25.8 Å². The molecular formula is C17H28IN3O2. The largest absolute Gasteiger partial charge is 0.493 e. The monoisotopic (exact) mass is 433 g/mol. The van der Waals surface area contributed by atoms with Gasteiger partial charge in [0, 0.05) is 39.4 Å². The van der Waals surface area contributed by atoms with Gasteiger partial charge in [0.05, 0.1) is 6.61 Å². The van der Waals surface area contributed by atoms with Gasteiger partial charge in [-0.2, -0.15) is 0 Å². The summed E-state index contributed by atoms with van der Waals surface area (Å²) >= 11 is 0. The predicted octanol–water partition coefficient (Wildman–Crippen LogP) is 2.79. The molecule has 1 saturated carbocycles. The minimum atomic E-state index is 0. The molecule has 0 aromatic heterocycles. The summed E-state index contributed by atoms with van der Waals surface area (Å²) in [5.41, 5.74) is 1.16. The minimum Gasteiger partial charge on any atom is -0.493 e. The van der Waals surface area contributed by atoms with Crippen LogP contribution in [-0.2, 0) is 11.3 Å². The smallest absolute Gasteiger partial charge is 0.191 e. The lowest BCUT2D eigenvalue weighted by atomic mass is 10.2. The standard InChI is InChI=1S/C17H27N3O2.HI/c1-18-17(19-10-5-11-21-2)20-12-15-6-3-4-7-16(15)22-13-14-8-9-14;/h3-4,6-7,14H,5,8-13H2,1-2H3,(H2,18,19,20);1H. The van der Waals surface area contributed by atoms with E-state index in [0.717, 1.165) is 49.4 Å². The van der Waals surface area contributed by atoms with Gasteiger partial charge >= 0.3 is 0 Å². The molecule has 0 heterocycles. The number of ether oxygens (including phenoxy) is 2. The molecule has 2 rings (SSSR count). The van der Waals surface area contributed by atoms with Crippen LogP contribution in [0, 0.1) is 5.92 Å². The van der Waals surface area contributed by atoms with Gasteiger partial charge in [0.25, 0.3) is 0 Å². The molecule has 0 radical (unpaired) electrons. The van der Waals surface area contributed by atoms with Crippen molar-refractivity contribution < 1.29 is 9.47 Å². The highest BCUT2D eigenvalue weighted by molar-refractivity contribution is 14.0. The Labute approximate surface area is 156 Å². The van der Waals surface area contributed by atoms with E-state index in [-0.39, 0.29) is 24.0 Å². The van der Waals surface area contributed by atoms with Gasteiger partial charge in [-0.1, -0.05) is 18.2 Å². The first kappa shape index (κ1) is 20.0. The Morgan fingerprint density at radius 2 is 2.04 bits per heavy atom. The number of aliphatic imine (C=N–C) groups is 1. The van der Waals surface area contributed by atoms with Crippen LogP contribution in [0.2, 0.25) is 0 Å². The lowest BCUT2D eigenvalue weighted by molar-refractivity contribution is 0.195. The molecule has 0 spiro atoms. The van der Waals surface area contributed by atoms with E-state index in [9.17, 15) is 0 Å². The second-order valence-electron chi connectivity index (χ2n) is 5.56. The summed E-state index contributed by atoms with van der Waals surface area (Å²) in [6.07, 6.45) is 3.56. The number of methoxy groups -OCH3 is 1. The number of nitrogens with one attached hydrogen (secondary N) is 2. The van der Waals surface area contributed by atoms with Crippen LogP contribution in [0.3, 0.4) is 0 Å². The van der Waals surface area contributed by atoms with Crippen LogP contribution in [-0.4, -0.2) is 39.9 Å². The molecule has 1 aliphatic carbocycles. The Morgan fingerprint density at radius 1 is 1.26 bits per heavy atom. The zero-order valence-electron chi connectivity index (χ0n) is 14.0. The summed E-state index contributed by atoms with van der Waals surface area (Å²) in [7, 11) is 3.49. The minimum absolute atomic E-state index is 0. The number of hydrogen-bond donors (Lipinski definition) is 2. The van der Waals surface area contributed by atoms with Gasteiger partial charge in [-0.25, -0.2) is 0 Å². The van der Waals surface area contributed by atoms with Gasteiger partial charge in [-0.05, 0) is 31.2 Å². The number of rotatable bonds is 9. The number of halogens is 1. The molecule has 0 bridgehead atoms. The van der Waals surface area contributed by atoms with Gasteiger partial charge in [-0.15, -0.1) is 24.0 Å². The number of guanidine groups is 1. The molecule has 5 nitrogen and oxygen atoms in total. The number of hydrogen-bond acceptors (Lipinski definition) is 3. The third-order valence-electron chi connectivity index (χ3n) is 3.63. The number of benzene rings is 1. The first-order valence-electron chi connectivity index (χ1n) is 7.97. The second kappa shape index (κ2) is 11.5. The first-order valence-corrected chi connectivity index (χ1v) is 7.97. The molecular weight excluding hydrogens is 405 g/mol. The maximum Gasteiger partial charge on any atom is 0.191 e. The highest BCUT2D eigenvalue weighted by Gasteiger charge is 2.22. The Kier molecular flexibility index (Phi) is 10.0. The van der Waals surface area contributed by atoms with Crippen molar-refractivity contribution >= 4 is 29.9 Å². The lowest BCUT2D eigenvalue weighted by Gasteiger charge is -2.14. The summed E-state index contributed by atoms with van der Waals surface area (Å²) in [6.45, 7) is 3.13. The van der Waals surface area contributed by atoms with Crippen molar-refractivity contribution in [3.8, 4) is 5.75 Å². The molecule has 0 unspecified atom stereocenters. The fourth-order valence-electron chi connectivity index (χ4n) is 2.11. The highest BCUT2D eigenvalue weighted by Crippen LogP contribution is 2.30. The van der Waals surface area contributed by atoms with E-state index in [4.69, 9.17) is 9.47 Å². The molecule has 6 heteroatoms. The molecule has 130 valence electrons. The van der Waals surface area contributed by atoms with Gasteiger partial charge in [0.2, 0.25) is 0 Å². The van der Waals surface area contributed by atoms with Crippen LogP contribution in [0.1, 0.15) is 24.8 Å². The summed E-state index contributed by atoms with van der Waals surface area (Å²) in [4.78, 5) is 4.23. The molecule has 1 aliphatic rings. The van der Waals surface area contributed by atoms with Crippen molar-refractivity contribution in [3.63, 3.8) is 0 Å². The predicted molar refractivity (Wildman–Crippen MR) is 105 cm³/mol. The third-order valence-corrected chi connectivity index (χ3v) is 3.63. The van der Waals surface area contributed by atoms with Crippen molar-refractivity contribution in [2.75, 3.05) is 33.9 Å². The van der Waals surface area contributed by atoms with Crippen LogP contribution in [0.25, 0.3) is 0 Å². The fourth-order valence-corrected chi connectivity index (χ4v) is 2.11. The normalized spacial score (nSPS) is 14.1. The molecule has 2 N–H and O–H groups in total. The summed E-state index contributed by atoms with van der Waals surface area (Å²) in [5.74, 6) is 2.53. The van der Waals surface area contributed by atoms with Crippen LogP contribution in [0.4, 0.5) is 0 Å². The summed E-state index contributed by atoms with van der Waals surface area (Å²) in [6, 6.07) is 8.18. The second-order valence-corrected chi connectivity index (χ2v) is 5.56. The zero-order chi connectivity index (χ0) is 15.6. The van der Waals surface area contributed by atoms with Crippen LogP contribution < -0.4 is 15.4 Å².